The van der Waals surface area contributed by atoms with Gasteiger partial charge in [0.05, 0.1) is 34.4 Å². The van der Waals surface area contributed by atoms with Crippen LogP contribution in [-0.2, 0) is 15.9 Å². The first kappa shape index (κ1) is 34.0. The van der Waals surface area contributed by atoms with Gasteiger partial charge in [0.25, 0.3) is 0 Å². The molecule has 0 unspecified atom stereocenters. The molecule has 0 spiro atoms. The van der Waals surface area contributed by atoms with E-state index in [0.29, 0.717) is 62.0 Å². The molecule has 2 aromatic carbocycles. The van der Waals surface area contributed by atoms with Gasteiger partial charge in [-0.1, -0.05) is 64.1 Å². The molecule has 4 rings (SSSR count). The Labute approximate surface area is 261 Å². The molecule has 0 saturated heterocycles. The van der Waals surface area contributed by atoms with E-state index in [1.807, 2.05) is 6.07 Å². The van der Waals surface area contributed by atoms with Crippen molar-refractivity contribution in [1.82, 2.24) is 19.9 Å². The number of carbonyl (C=O) groups is 2. The molecule has 4 aromatic rings. The number of benzene rings is 2. The lowest BCUT2D eigenvalue weighted by molar-refractivity contribution is 0.0517. The summed E-state index contributed by atoms with van der Waals surface area (Å²) >= 11 is 28.4. The van der Waals surface area contributed by atoms with Gasteiger partial charge < -0.3 is 15.2 Å². The number of hydrogen-bond donors (Lipinski definition) is 1. The van der Waals surface area contributed by atoms with Crippen LogP contribution >= 0.6 is 58.0 Å². The summed E-state index contributed by atoms with van der Waals surface area (Å²) in [7, 11) is 0. The summed E-state index contributed by atoms with van der Waals surface area (Å²) in [5, 5.41) is 1.84. The highest BCUT2D eigenvalue weighted by atomic mass is 35.5. The van der Waals surface area contributed by atoms with Crippen molar-refractivity contribution in [1.29, 1.82) is 0 Å². The van der Waals surface area contributed by atoms with Crippen molar-refractivity contribution in [2.45, 2.75) is 20.3 Å². The van der Waals surface area contributed by atoms with Gasteiger partial charge in [0.2, 0.25) is 0 Å². The molecule has 0 atom stereocenters. The van der Waals surface area contributed by atoms with Gasteiger partial charge in [-0.25, -0.2) is 29.5 Å². The lowest BCUT2D eigenvalue weighted by Crippen LogP contribution is -2.06. The van der Waals surface area contributed by atoms with Crippen LogP contribution in [0.5, 0.6) is 0 Å². The Hall–Kier alpha value is -3.21. The van der Waals surface area contributed by atoms with E-state index >= 15 is 0 Å². The molecule has 14 heteroatoms. The Balaban J connectivity index is 0.000000239. The summed E-state index contributed by atoms with van der Waals surface area (Å²) in [4.78, 5) is 38.2. The number of aromatic nitrogens is 4. The van der Waals surface area contributed by atoms with E-state index in [9.17, 15) is 9.59 Å². The maximum Gasteiger partial charge on any atom is 0.339 e. The fourth-order valence-electron chi connectivity index (χ4n) is 2.94. The molecule has 0 amide bonds. The second-order valence-corrected chi connectivity index (χ2v) is 9.64. The van der Waals surface area contributed by atoms with E-state index in [1.165, 1.54) is 24.8 Å². The predicted molar refractivity (Wildman–Crippen MR) is 161 cm³/mol. The largest absolute Gasteiger partial charge is 0.462 e. The average molecular weight is 660 g/mol. The molecular formula is C27H24Cl5N5O4. The number of nitrogens with zero attached hydrogens (tertiary/aromatic N) is 4. The van der Waals surface area contributed by atoms with Crippen LogP contribution in [-0.4, -0.2) is 45.1 Å². The molecule has 0 saturated carbocycles. The summed E-state index contributed by atoms with van der Waals surface area (Å²) in [6, 6.07) is 13.1. The van der Waals surface area contributed by atoms with Crippen molar-refractivity contribution in [2.24, 2.45) is 0 Å². The van der Waals surface area contributed by atoms with Crippen LogP contribution < -0.4 is 5.73 Å². The van der Waals surface area contributed by atoms with Gasteiger partial charge in [-0.05, 0) is 55.8 Å². The topological polar surface area (TPSA) is 130 Å². The Morgan fingerprint density at radius 1 is 0.683 bits per heavy atom. The van der Waals surface area contributed by atoms with Gasteiger partial charge in [-0.3, -0.25) is 0 Å². The second-order valence-electron chi connectivity index (χ2n) is 7.67. The number of carbonyl (C=O) groups excluding carboxylic acids is 2. The fourth-order valence-corrected chi connectivity index (χ4v) is 3.85. The zero-order chi connectivity index (χ0) is 30.4. The minimum absolute atomic E-state index is 0.306. The number of esters is 2. The maximum absolute atomic E-state index is 11.8. The molecule has 0 bridgehead atoms. The first-order valence-corrected chi connectivity index (χ1v) is 13.7. The normalized spacial score (nSPS) is 9.93. The number of hydrogen-bond acceptors (Lipinski definition) is 9. The van der Waals surface area contributed by atoms with Crippen molar-refractivity contribution >= 4 is 75.6 Å². The number of rotatable bonds is 6. The van der Waals surface area contributed by atoms with Crippen molar-refractivity contribution in [3.8, 4) is 0 Å². The number of ether oxygens (including phenoxy) is 2. The van der Waals surface area contributed by atoms with Gasteiger partial charge in [-0.15, -0.1) is 0 Å². The summed E-state index contributed by atoms with van der Waals surface area (Å²) in [6.45, 7) is 4.11. The van der Waals surface area contributed by atoms with Gasteiger partial charge >= 0.3 is 11.9 Å². The van der Waals surface area contributed by atoms with E-state index in [0.717, 1.165) is 11.3 Å². The molecule has 0 radical (unpaired) electrons. The molecule has 41 heavy (non-hydrogen) atoms. The first-order valence-electron chi connectivity index (χ1n) is 11.8. The SMILES string of the molecule is CCOC(=O)c1cc(Cc2cc(Cl)ncn2)ccc1Cl.CCOC(=O)c1cc(N)ccc1Cl.Clc1cc(Cl)ncn1. The van der Waals surface area contributed by atoms with Crippen LogP contribution in [0.2, 0.25) is 25.5 Å². The minimum Gasteiger partial charge on any atom is -0.462 e. The molecule has 9 nitrogen and oxygen atoms in total. The van der Waals surface area contributed by atoms with Crippen LogP contribution in [0.1, 0.15) is 45.8 Å². The summed E-state index contributed by atoms with van der Waals surface area (Å²) < 4.78 is 9.75. The smallest absolute Gasteiger partial charge is 0.339 e. The third kappa shape index (κ3) is 12.0. The quantitative estimate of drug-likeness (QED) is 0.128. The van der Waals surface area contributed by atoms with Crippen LogP contribution in [0.25, 0.3) is 0 Å². The molecule has 2 heterocycles. The number of nitrogen functional groups attached to an aromatic ring is 1. The van der Waals surface area contributed by atoms with E-state index in [1.54, 1.807) is 44.2 Å². The molecule has 216 valence electrons. The molecule has 2 N–H and O–H groups in total. The van der Waals surface area contributed by atoms with Gasteiger partial charge in [0, 0.05) is 23.9 Å². The third-order valence-electron chi connectivity index (χ3n) is 4.69. The number of anilines is 1. The summed E-state index contributed by atoms with van der Waals surface area (Å²) in [5.74, 6) is -0.875. The first-order chi connectivity index (χ1) is 19.5. The predicted octanol–water partition coefficient (Wildman–Crippen LogP) is 7.43. The van der Waals surface area contributed by atoms with Crippen molar-refractivity contribution in [3.63, 3.8) is 0 Å². The Bertz CT molecular complexity index is 1460. The second kappa shape index (κ2) is 17.6. The van der Waals surface area contributed by atoms with Gasteiger partial charge in [0.15, 0.2) is 0 Å². The summed E-state index contributed by atoms with van der Waals surface area (Å²) in [5.41, 5.74) is 8.31. The molecule has 0 fully saturated rings. The van der Waals surface area contributed by atoms with Crippen LogP contribution in [0, 0.1) is 0 Å². The standard InChI is InChI=1S/C14H12Cl2N2O2.C9H10ClNO2.C4H2Cl2N2/c1-2-20-14(19)11-6-9(3-4-12(11)15)5-10-7-13(16)18-8-17-10;1-2-13-9(12)7-5-6(11)3-4-8(7)10;5-3-1-4(6)8-2-7-3/h3-4,6-8H,2,5H2,1H3;3-5H,2,11H2,1H3;1-2H. The fraction of sp³-hybridized carbons (Fsp3) is 0.185. The van der Waals surface area contributed by atoms with Crippen LogP contribution in [0.3, 0.4) is 0 Å². The highest BCUT2D eigenvalue weighted by Crippen LogP contribution is 2.21. The van der Waals surface area contributed by atoms with Gasteiger partial charge in [0.1, 0.15) is 28.1 Å². The lowest BCUT2D eigenvalue weighted by atomic mass is 10.1. The molecule has 0 aliphatic rings. The van der Waals surface area contributed by atoms with E-state index in [-0.39, 0.29) is 0 Å². The minimum atomic E-state index is -0.445. The monoisotopic (exact) mass is 657 g/mol. The Morgan fingerprint density at radius 3 is 1.66 bits per heavy atom. The summed E-state index contributed by atoms with van der Waals surface area (Å²) in [6.07, 6.45) is 3.25. The molecule has 0 aliphatic carbocycles. The van der Waals surface area contributed by atoms with Crippen molar-refractivity contribution in [2.75, 3.05) is 18.9 Å². The average Bonchev–Trinajstić information content (AvgIpc) is 2.92. The highest BCUT2D eigenvalue weighted by Gasteiger charge is 2.13. The lowest BCUT2D eigenvalue weighted by Gasteiger charge is -2.07. The van der Waals surface area contributed by atoms with E-state index in [4.69, 9.17) is 73.2 Å². The number of nitrogens with two attached hydrogens (primary N) is 1. The van der Waals surface area contributed by atoms with Crippen molar-refractivity contribution < 1.29 is 19.1 Å². The Kier molecular flexibility index (Phi) is 14.6. The number of halogens is 5. The van der Waals surface area contributed by atoms with E-state index < -0.39 is 11.9 Å². The third-order valence-corrected chi connectivity index (χ3v) is 5.97. The molecular weight excluding hydrogens is 636 g/mol. The molecule has 0 aliphatic heterocycles. The highest BCUT2D eigenvalue weighted by molar-refractivity contribution is 6.34. The maximum atomic E-state index is 11.8. The van der Waals surface area contributed by atoms with Crippen molar-refractivity contribution in [3.05, 3.63) is 109 Å². The van der Waals surface area contributed by atoms with E-state index in [2.05, 4.69) is 19.9 Å². The van der Waals surface area contributed by atoms with Gasteiger partial charge in [-0.2, -0.15) is 0 Å². The van der Waals surface area contributed by atoms with Crippen LogP contribution in [0.15, 0.2) is 61.2 Å². The molecule has 2 aromatic heterocycles. The zero-order valence-corrected chi connectivity index (χ0v) is 25.6. The zero-order valence-electron chi connectivity index (χ0n) is 21.8. The van der Waals surface area contributed by atoms with Crippen LogP contribution in [0.4, 0.5) is 5.69 Å². The Morgan fingerprint density at radius 2 is 1.17 bits per heavy atom.